The van der Waals surface area contributed by atoms with Gasteiger partial charge in [-0.3, -0.25) is 0 Å². The maximum atomic E-state index is 4.20. The van der Waals surface area contributed by atoms with Gasteiger partial charge in [-0.2, -0.15) is 0 Å². The molecular formula is C9H14N2S. The summed E-state index contributed by atoms with van der Waals surface area (Å²) in [7, 11) is 0. The minimum Gasteiger partial charge on any atom is -0.370 e. The van der Waals surface area contributed by atoms with Gasteiger partial charge in [-0.15, -0.1) is 11.8 Å². The van der Waals surface area contributed by atoms with Crippen molar-refractivity contribution >= 4 is 17.6 Å². The maximum Gasteiger partial charge on any atom is 0.126 e. The molecule has 0 radical (unpaired) electrons. The second kappa shape index (κ2) is 5.04. The van der Waals surface area contributed by atoms with E-state index < -0.39 is 0 Å². The monoisotopic (exact) mass is 182 g/mol. The fourth-order valence-electron chi connectivity index (χ4n) is 0.888. The number of anilines is 1. The van der Waals surface area contributed by atoms with Gasteiger partial charge in [-0.1, -0.05) is 6.92 Å². The molecule has 0 aliphatic rings. The predicted octanol–water partition coefficient (Wildman–Crippen LogP) is 2.63. The zero-order chi connectivity index (χ0) is 8.81. The Morgan fingerprint density at radius 1 is 1.58 bits per heavy atom. The molecule has 0 saturated heterocycles. The molecule has 2 nitrogen and oxygen atoms in total. The van der Waals surface area contributed by atoms with Crippen molar-refractivity contribution in [1.82, 2.24) is 4.98 Å². The Morgan fingerprint density at radius 2 is 2.42 bits per heavy atom. The first-order valence-electron chi connectivity index (χ1n) is 4.10. The molecule has 0 aliphatic carbocycles. The van der Waals surface area contributed by atoms with E-state index in [4.69, 9.17) is 0 Å². The van der Waals surface area contributed by atoms with E-state index in [2.05, 4.69) is 29.5 Å². The summed E-state index contributed by atoms with van der Waals surface area (Å²) in [6.45, 7) is 3.14. The summed E-state index contributed by atoms with van der Waals surface area (Å²) >= 11 is 1.74. The molecule has 3 heteroatoms. The molecule has 12 heavy (non-hydrogen) atoms. The Morgan fingerprint density at radius 3 is 3.08 bits per heavy atom. The molecule has 0 saturated carbocycles. The second-order valence-electron chi connectivity index (χ2n) is 2.51. The first kappa shape index (κ1) is 9.39. The van der Waals surface area contributed by atoms with Crippen LogP contribution in [0.5, 0.6) is 0 Å². The molecular weight excluding hydrogens is 168 g/mol. The maximum absolute atomic E-state index is 4.20. The van der Waals surface area contributed by atoms with Gasteiger partial charge < -0.3 is 5.32 Å². The van der Waals surface area contributed by atoms with Crippen LogP contribution >= 0.6 is 11.8 Å². The normalized spacial score (nSPS) is 9.83. The van der Waals surface area contributed by atoms with E-state index in [-0.39, 0.29) is 0 Å². The van der Waals surface area contributed by atoms with Crippen LogP contribution in [-0.2, 0) is 0 Å². The zero-order valence-corrected chi connectivity index (χ0v) is 8.32. The van der Waals surface area contributed by atoms with Gasteiger partial charge in [0, 0.05) is 17.6 Å². The Bertz CT molecular complexity index is 238. The van der Waals surface area contributed by atoms with Gasteiger partial charge in [-0.05, 0) is 24.8 Å². The lowest BCUT2D eigenvalue weighted by atomic mass is 10.4. The van der Waals surface area contributed by atoms with Crippen LogP contribution in [0.4, 0.5) is 5.82 Å². The van der Waals surface area contributed by atoms with Crippen LogP contribution < -0.4 is 5.32 Å². The highest BCUT2D eigenvalue weighted by Crippen LogP contribution is 2.16. The molecule has 0 spiro atoms. The number of hydrogen-bond acceptors (Lipinski definition) is 3. The zero-order valence-electron chi connectivity index (χ0n) is 7.50. The van der Waals surface area contributed by atoms with Crippen LogP contribution in [0.25, 0.3) is 0 Å². The topological polar surface area (TPSA) is 24.9 Å². The Labute approximate surface area is 77.8 Å². The summed E-state index contributed by atoms with van der Waals surface area (Å²) in [5.41, 5.74) is 0. The number of rotatable bonds is 4. The first-order valence-corrected chi connectivity index (χ1v) is 5.33. The first-order chi connectivity index (χ1) is 5.86. The van der Waals surface area contributed by atoms with E-state index in [1.807, 2.05) is 12.3 Å². The number of nitrogens with one attached hydrogen (secondary N) is 1. The fraction of sp³-hybridized carbons (Fsp3) is 0.444. The summed E-state index contributed by atoms with van der Waals surface area (Å²) in [5, 5.41) is 3.24. The van der Waals surface area contributed by atoms with Crippen LogP contribution in [-0.4, -0.2) is 17.8 Å². The second-order valence-corrected chi connectivity index (χ2v) is 3.39. The van der Waals surface area contributed by atoms with Crippen molar-refractivity contribution in [2.75, 3.05) is 18.1 Å². The number of hydrogen-bond donors (Lipinski definition) is 1. The number of thioether (sulfide) groups is 1. The third kappa shape index (κ3) is 2.74. The summed E-state index contributed by atoms with van der Waals surface area (Å²) in [5.74, 6) is 0.976. The summed E-state index contributed by atoms with van der Waals surface area (Å²) in [6, 6.07) is 4.09. The number of pyridine rings is 1. The van der Waals surface area contributed by atoms with Gasteiger partial charge in [0.15, 0.2) is 0 Å². The van der Waals surface area contributed by atoms with E-state index in [1.54, 1.807) is 11.8 Å². The van der Waals surface area contributed by atoms with Crippen LogP contribution in [0.2, 0.25) is 0 Å². The molecule has 0 amide bonds. The quantitative estimate of drug-likeness (QED) is 0.725. The SMILES string of the molecule is CCCNc1cc(SC)ccn1. The van der Waals surface area contributed by atoms with Crippen LogP contribution in [0.3, 0.4) is 0 Å². The predicted molar refractivity (Wildman–Crippen MR) is 54.8 cm³/mol. The van der Waals surface area contributed by atoms with Crippen molar-refractivity contribution in [3.8, 4) is 0 Å². The minimum atomic E-state index is 0.976. The van der Waals surface area contributed by atoms with E-state index in [1.165, 1.54) is 4.90 Å². The minimum absolute atomic E-state index is 0.976. The molecule has 0 fully saturated rings. The molecule has 1 rings (SSSR count). The van der Waals surface area contributed by atoms with Crippen molar-refractivity contribution in [2.45, 2.75) is 18.2 Å². The van der Waals surface area contributed by atoms with Crippen LogP contribution in [0, 0.1) is 0 Å². The summed E-state index contributed by atoms with van der Waals surface area (Å²) in [4.78, 5) is 5.45. The highest BCUT2D eigenvalue weighted by atomic mass is 32.2. The lowest BCUT2D eigenvalue weighted by Crippen LogP contribution is -2.01. The molecule has 1 aromatic heterocycles. The summed E-state index contributed by atoms with van der Waals surface area (Å²) in [6.07, 6.45) is 5.04. The molecule has 66 valence electrons. The van der Waals surface area contributed by atoms with E-state index in [0.717, 1.165) is 18.8 Å². The van der Waals surface area contributed by atoms with Gasteiger partial charge in [-0.25, -0.2) is 4.98 Å². The van der Waals surface area contributed by atoms with Gasteiger partial charge in [0.05, 0.1) is 0 Å². The summed E-state index contributed by atoms with van der Waals surface area (Å²) < 4.78 is 0. The van der Waals surface area contributed by atoms with Gasteiger partial charge >= 0.3 is 0 Å². The smallest absolute Gasteiger partial charge is 0.126 e. The van der Waals surface area contributed by atoms with Crippen molar-refractivity contribution in [1.29, 1.82) is 0 Å². The molecule has 0 atom stereocenters. The molecule has 0 aliphatic heterocycles. The Kier molecular flexibility index (Phi) is 3.94. The molecule has 0 bridgehead atoms. The van der Waals surface area contributed by atoms with Crippen molar-refractivity contribution < 1.29 is 0 Å². The Balaban J connectivity index is 2.60. The van der Waals surface area contributed by atoms with E-state index in [9.17, 15) is 0 Å². The number of nitrogens with zero attached hydrogens (tertiary/aromatic N) is 1. The molecule has 0 unspecified atom stereocenters. The van der Waals surface area contributed by atoms with Crippen molar-refractivity contribution in [3.63, 3.8) is 0 Å². The standard InChI is InChI=1S/C9H14N2S/c1-3-5-10-9-7-8(12-2)4-6-11-9/h4,6-7H,3,5H2,1-2H3,(H,10,11). The fourth-order valence-corrected chi connectivity index (χ4v) is 1.31. The van der Waals surface area contributed by atoms with Crippen molar-refractivity contribution in [2.24, 2.45) is 0 Å². The van der Waals surface area contributed by atoms with Crippen LogP contribution in [0.15, 0.2) is 23.2 Å². The lowest BCUT2D eigenvalue weighted by molar-refractivity contribution is 0.967. The van der Waals surface area contributed by atoms with Crippen LogP contribution in [0.1, 0.15) is 13.3 Å². The van der Waals surface area contributed by atoms with Gasteiger partial charge in [0.1, 0.15) is 5.82 Å². The van der Waals surface area contributed by atoms with E-state index >= 15 is 0 Å². The molecule has 0 aromatic carbocycles. The average Bonchev–Trinajstić information content (AvgIpc) is 2.15. The number of aromatic nitrogens is 1. The largest absolute Gasteiger partial charge is 0.370 e. The highest BCUT2D eigenvalue weighted by Gasteiger charge is 1.93. The van der Waals surface area contributed by atoms with Crippen molar-refractivity contribution in [3.05, 3.63) is 18.3 Å². The molecule has 1 aromatic rings. The third-order valence-electron chi connectivity index (χ3n) is 1.52. The molecule has 1 N–H and O–H groups in total. The van der Waals surface area contributed by atoms with Gasteiger partial charge in [0.25, 0.3) is 0 Å². The lowest BCUT2D eigenvalue weighted by Gasteiger charge is -2.03. The Hall–Kier alpha value is -0.700. The molecule has 1 heterocycles. The van der Waals surface area contributed by atoms with E-state index in [0.29, 0.717) is 0 Å². The highest BCUT2D eigenvalue weighted by molar-refractivity contribution is 7.98. The van der Waals surface area contributed by atoms with Gasteiger partial charge in [0.2, 0.25) is 0 Å². The average molecular weight is 182 g/mol. The third-order valence-corrected chi connectivity index (χ3v) is 2.25.